The van der Waals surface area contributed by atoms with Crippen molar-refractivity contribution in [3.05, 3.63) is 52.2 Å². The molecule has 0 aliphatic heterocycles. The third kappa shape index (κ3) is 2.76. The van der Waals surface area contributed by atoms with Gasteiger partial charge in [-0.2, -0.15) is 0 Å². The summed E-state index contributed by atoms with van der Waals surface area (Å²) in [4.78, 5) is 12.1. The minimum absolute atomic E-state index is 0.00801. The number of nitrogens with zero attached hydrogens (tertiary/aromatic N) is 1. The molecule has 0 unspecified atom stereocenters. The molecule has 0 heterocycles. The first-order valence-corrected chi connectivity index (χ1v) is 6.44. The zero-order valence-corrected chi connectivity index (χ0v) is 11.3. The Balaban J connectivity index is 2.41. The lowest BCUT2D eigenvalue weighted by Crippen LogP contribution is -1.86. The Morgan fingerprint density at radius 3 is 2.63 bits per heavy atom. The van der Waals surface area contributed by atoms with E-state index in [1.807, 2.05) is 0 Å². The highest BCUT2D eigenvalue weighted by atomic mass is 32.2. The molecule has 1 N–H and O–H groups in total. The summed E-state index contributed by atoms with van der Waals surface area (Å²) in [6, 6.07) is 7.92. The van der Waals surface area contributed by atoms with Gasteiger partial charge in [0.25, 0.3) is 0 Å². The van der Waals surface area contributed by atoms with E-state index < -0.39 is 0 Å². The first-order valence-electron chi connectivity index (χ1n) is 5.63. The number of benzene rings is 2. The Labute approximate surface area is 114 Å². The summed E-state index contributed by atoms with van der Waals surface area (Å²) in [7, 11) is 0. The van der Waals surface area contributed by atoms with Gasteiger partial charge in [-0.3, -0.25) is 0 Å². The molecule has 0 aliphatic rings. The first kappa shape index (κ1) is 13.5. The maximum Gasteiger partial charge on any atom is 0.127 e. The van der Waals surface area contributed by atoms with Crippen molar-refractivity contribution >= 4 is 17.4 Å². The molecular formula is C14H12FNO2S. The van der Waals surface area contributed by atoms with E-state index in [2.05, 4.69) is 5.18 Å². The van der Waals surface area contributed by atoms with Crippen LogP contribution in [0.4, 0.5) is 10.1 Å². The maximum atomic E-state index is 13.4. The summed E-state index contributed by atoms with van der Waals surface area (Å²) in [6.07, 6.45) is 0. The summed E-state index contributed by atoms with van der Waals surface area (Å²) >= 11 is 1.28. The van der Waals surface area contributed by atoms with E-state index >= 15 is 0 Å². The Bertz CT molecular complexity index is 644. The molecule has 0 atom stereocenters. The van der Waals surface area contributed by atoms with E-state index in [1.54, 1.807) is 38.1 Å². The zero-order valence-electron chi connectivity index (χ0n) is 10.5. The molecule has 2 aromatic rings. The van der Waals surface area contributed by atoms with Gasteiger partial charge >= 0.3 is 0 Å². The van der Waals surface area contributed by atoms with Gasteiger partial charge in [0.1, 0.15) is 17.3 Å². The molecule has 0 bridgehead atoms. The largest absolute Gasteiger partial charge is 0.508 e. The smallest absolute Gasteiger partial charge is 0.127 e. The predicted molar refractivity (Wildman–Crippen MR) is 73.6 cm³/mol. The molecule has 5 heteroatoms. The van der Waals surface area contributed by atoms with E-state index in [1.165, 1.54) is 17.8 Å². The van der Waals surface area contributed by atoms with Crippen LogP contribution in [0, 0.1) is 24.6 Å². The number of hydrogen-bond acceptors (Lipinski definition) is 4. The fraction of sp³-hybridized carbons (Fsp3) is 0.143. The number of rotatable bonds is 3. The van der Waals surface area contributed by atoms with Gasteiger partial charge in [0.15, 0.2) is 0 Å². The van der Waals surface area contributed by atoms with Crippen LogP contribution in [0.3, 0.4) is 0 Å². The van der Waals surface area contributed by atoms with E-state index in [0.29, 0.717) is 16.0 Å². The number of phenols is 1. The standard InChI is InChI=1S/C14H12FNO2S/c1-8-11(15)4-3-5-14(8)19-10-6-12(16-18)9(2)13(17)7-10/h3-7,17H,1-2H3. The van der Waals surface area contributed by atoms with Gasteiger partial charge in [-0.15, -0.1) is 4.91 Å². The van der Waals surface area contributed by atoms with Crippen molar-refractivity contribution in [1.29, 1.82) is 0 Å². The lowest BCUT2D eigenvalue weighted by atomic mass is 10.2. The molecule has 2 rings (SSSR count). The lowest BCUT2D eigenvalue weighted by Gasteiger charge is -2.08. The van der Waals surface area contributed by atoms with Gasteiger partial charge in [-0.05, 0) is 48.9 Å². The van der Waals surface area contributed by atoms with Gasteiger partial charge in [-0.1, -0.05) is 17.8 Å². The van der Waals surface area contributed by atoms with Crippen molar-refractivity contribution in [2.75, 3.05) is 0 Å². The molecule has 19 heavy (non-hydrogen) atoms. The average molecular weight is 277 g/mol. The number of nitroso groups, excluding NO2 is 1. The monoisotopic (exact) mass is 277 g/mol. The van der Waals surface area contributed by atoms with E-state index in [9.17, 15) is 14.4 Å². The normalized spacial score (nSPS) is 10.5. The predicted octanol–water partition coefficient (Wildman–Crippen LogP) is 4.70. The van der Waals surface area contributed by atoms with Crippen molar-refractivity contribution in [1.82, 2.24) is 0 Å². The van der Waals surface area contributed by atoms with Crippen molar-refractivity contribution in [3.8, 4) is 5.75 Å². The molecule has 0 spiro atoms. The lowest BCUT2D eigenvalue weighted by molar-refractivity contribution is 0.470. The fourth-order valence-electron chi connectivity index (χ4n) is 1.64. The van der Waals surface area contributed by atoms with Crippen molar-refractivity contribution in [2.45, 2.75) is 23.6 Å². The van der Waals surface area contributed by atoms with Crippen molar-refractivity contribution in [2.24, 2.45) is 5.18 Å². The molecule has 0 saturated carbocycles. The van der Waals surface area contributed by atoms with Crippen molar-refractivity contribution < 1.29 is 9.50 Å². The molecule has 0 fully saturated rings. The summed E-state index contributed by atoms with van der Waals surface area (Å²) < 4.78 is 13.4. The molecule has 0 aromatic heterocycles. The van der Waals surface area contributed by atoms with Crippen LogP contribution in [0.25, 0.3) is 0 Å². The van der Waals surface area contributed by atoms with E-state index in [4.69, 9.17) is 0 Å². The Hall–Kier alpha value is -1.88. The van der Waals surface area contributed by atoms with Crippen LogP contribution < -0.4 is 0 Å². The maximum absolute atomic E-state index is 13.4. The number of hydrogen-bond donors (Lipinski definition) is 1. The SMILES string of the molecule is Cc1c(O)cc(Sc2cccc(F)c2C)cc1N=O. The van der Waals surface area contributed by atoms with Gasteiger partial charge in [0.2, 0.25) is 0 Å². The second-order valence-corrected chi connectivity index (χ2v) is 5.26. The minimum Gasteiger partial charge on any atom is -0.508 e. The van der Waals surface area contributed by atoms with Crippen LogP contribution in [0.2, 0.25) is 0 Å². The number of aromatic hydroxyl groups is 1. The summed E-state index contributed by atoms with van der Waals surface area (Å²) in [5.41, 5.74) is 1.17. The fourth-order valence-corrected chi connectivity index (χ4v) is 2.63. The van der Waals surface area contributed by atoms with Crippen LogP contribution >= 0.6 is 11.8 Å². The molecule has 0 radical (unpaired) electrons. The quantitative estimate of drug-likeness (QED) is 0.827. The zero-order chi connectivity index (χ0) is 14.0. The molecule has 0 amide bonds. The highest BCUT2D eigenvalue weighted by Gasteiger charge is 2.10. The van der Waals surface area contributed by atoms with Gasteiger partial charge in [0, 0.05) is 15.4 Å². The van der Waals surface area contributed by atoms with Crippen LogP contribution in [0.1, 0.15) is 11.1 Å². The topological polar surface area (TPSA) is 49.7 Å². The van der Waals surface area contributed by atoms with E-state index in [-0.39, 0.29) is 17.3 Å². The molecule has 0 aliphatic carbocycles. The average Bonchev–Trinajstić information content (AvgIpc) is 2.39. The Kier molecular flexibility index (Phi) is 3.85. The van der Waals surface area contributed by atoms with Crippen LogP contribution in [-0.4, -0.2) is 5.11 Å². The Morgan fingerprint density at radius 2 is 1.95 bits per heavy atom. The Morgan fingerprint density at radius 1 is 1.21 bits per heavy atom. The molecule has 2 aromatic carbocycles. The van der Waals surface area contributed by atoms with Gasteiger partial charge in [-0.25, -0.2) is 4.39 Å². The third-order valence-electron chi connectivity index (χ3n) is 2.87. The molecule has 0 saturated heterocycles. The summed E-state index contributed by atoms with van der Waals surface area (Å²) in [5, 5.41) is 12.6. The second-order valence-electron chi connectivity index (χ2n) is 4.14. The highest BCUT2D eigenvalue weighted by Crippen LogP contribution is 2.37. The van der Waals surface area contributed by atoms with E-state index in [0.717, 1.165) is 4.90 Å². The van der Waals surface area contributed by atoms with Crippen LogP contribution in [0.5, 0.6) is 5.75 Å². The van der Waals surface area contributed by atoms with Crippen molar-refractivity contribution in [3.63, 3.8) is 0 Å². The summed E-state index contributed by atoms with van der Waals surface area (Å²) in [5.74, 6) is -0.274. The van der Waals surface area contributed by atoms with Gasteiger partial charge < -0.3 is 5.11 Å². The van der Waals surface area contributed by atoms with Crippen LogP contribution in [-0.2, 0) is 0 Å². The van der Waals surface area contributed by atoms with Gasteiger partial charge in [0.05, 0.1) is 0 Å². The van der Waals surface area contributed by atoms with Crippen LogP contribution in [0.15, 0.2) is 45.3 Å². The second kappa shape index (κ2) is 5.40. The minimum atomic E-state index is -0.282. The first-order chi connectivity index (χ1) is 9.02. The molecular weight excluding hydrogens is 265 g/mol. The highest BCUT2D eigenvalue weighted by molar-refractivity contribution is 7.99. The number of phenolic OH excluding ortho intramolecular Hbond substituents is 1. The molecule has 3 nitrogen and oxygen atoms in total. The number of halogens is 1. The summed E-state index contributed by atoms with van der Waals surface area (Å²) in [6.45, 7) is 3.30. The third-order valence-corrected chi connectivity index (χ3v) is 4.00. The molecule has 98 valence electrons.